The maximum Gasteiger partial charge on any atom is 0.320 e. The van der Waals surface area contributed by atoms with E-state index in [1.165, 1.54) is 6.07 Å². The number of aliphatic carboxylic acids is 1. The van der Waals surface area contributed by atoms with Crippen molar-refractivity contribution >= 4 is 17.8 Å². The topological polar surface area (TPSA) is 96.4 Å². The summed E-state index contributed by atoms with van der Waals surface area (Å²) in [6.45, 7) is 5.96. The van der Waals surface area contributed by atoms with E-state index in [0.29, 0.717) is 61.9 Å². The van der Waals surface area contributed by atoms with Crippen molar-refractivity contribution in [3.8, 4) is 11.5 Å². The Balaban J connectivity index is 1.31. The van der Waals surface area contributed by atoms with Gasteiger partial charge in [0.25, 0.3) is 0 Å². The van der Waals surface area contributed by atoms with Crippen LogP contribution in [-0.2, 0) is 34.3 Å². The number of halogens is 1. The number of carbonyl (C=O) groups is 3. The van der Waals surface area contributed by atoms with E-state index >= 15 is 4.39 Å². The van der Waals surface area contributed by atoms with Crippen molar-refractivity contribution in [1.82, 2.24) is 9.80 Å². The molecule has 2 aromatic rings. The van der Waals surface area contributed by atoms with Gasteiger partial charge >= 0.3 is 12.0 Å². The van der Waals surface area contributed by atoms with Gasteiger partial charge < -0.3 is 24.4 Å². The summed E-state index contributed by atoms with van der Waals surface area (Å²) < 4.78 is 26.9. The molecule has 1 N–H and O–H groups in total. The minimum Gasteiger partial charge on any atom is -0.486 e. The summed E-state index contributed by atoms with van der Waals surface area (Å²) in [6, 6.07) is 5.89. The van der Waals surface area contributed by atoms with Crippen LogP contribution in [0.4, 0.5) is 9.18 Å². The number of rotatable bonds is 5. The third-order valence-corrected chi connectivity index (χ3v) is 8.60. The number of fused-ring (bicyclic) bond motifs is 4. The van der Waals surface area contributed by atoms with Crippen LogP contribution in [0.3, 0.4) is 0 Å². The summed E-state index contributed by atoms with van der Waals surface area (Å²) in [5.74, 6) is -0.189. The van der Waals surface area contributed by atoms with Gasteiger partial charge in [-0.15, -0.1) is 0 Å². The lowest BCUT2D eigenvalue weighted by Crippen LogP contribution is -2.57. The maximum absolute atomic E-state index is 15.2. The number of amides is 2. The Kier molecular flexibility index (Phi) is 6.27. The number of likely N-dealkylation sites (tertiary alicyclic amines) is 1. The first kappa shape index (κ1) is 25.6. The van der Waals surface area contributed by atoms with E-state index < -0.39 is 12.0 Å². The predicted molar refractivity (Wildman–Crippen MR) is 140 cm³/mol. The Morgan fingerprint density at radius 2 is 1.87 bits per heavy atom. The number of carboxylic acids is 1. The lowest BCUT2D eigenvalue weighted by molar-refractivity contribution is -0.139. The Bertz CT molecular complexity index is 1370. The highest BCUT2D eigenvalue weighted by Crippen LogP contribution is 2.44. The molecule has 4 aliphatic rings. The number of ether oxygens (including phenoxy) is 2. The molecule has 6 rings (SSSR count). The number of urea groups is 1. The number of carboxylic acid groups (broad SMARTS) is 1. The molecule has 39 heavy (non-hydrogen) atoms. The van der Waals surface area contributed by atoms with Gasteiger partial charge in [-0.3, -0.25) is 9.59 Å². The maximum atomic E-state index is 15.2. The van der Waals surface area contributed by atoms with Gasteiger partial charge in [0, 0.05) is 37.5 Å². The summed E-state index contributed by atoms with van der Waals surface area (Å²) in [5.41, 5.74) is 3.62. The van der Waals surface area contributed by atoms with Gasteiger partial charge in [-0.05, 0) is 59.1 Å². The second-order valence-electron chi connectivity index (χ2n) is 11.8. The average Bonchev–Trinajstić information content (AvgIpc) is 3.18. The van der Waals surface area contributed by atoms with Crippen molar-refractivity contribution < 1.29 is 33.4 Å². The highest BCUT2D eigenvalue weighted by Gasteiger charge is 2.43. The van der Waals surface area contributed by atoms with Crippen molar-refractivity contribution in [2.75, 3.05) is 32.8 Å². The molecular weight excluding hydrogens is 503 g/mol. The van der Waals surface area contributed by atoms with Crippen molar-refractivity contribution in [3.63, 3.8) is 0 Å². The number of carbonyl (C=O) groups excluding carboxylic acids is 2. The normalized spacial score (nSPS) is 21.2. The molecule has 3 aliphatic heterocycles. The molecule has 3 heterocycles. The lowest BCUT2D eigenvalue weighted by Gasteiger charge is -2.45. The van der Waals surface area contributed by atoms with E-state index in [-0.39, 0.29) is 41.8 Å². The van der Waals surface area contributed by atoms with Crippen molar-refractivity contribution in [2.45, 2.75) is 57.4 Å². The smallest absolute Gasteiger partial charge is 0.320 e. The molecule has 0 spiro atoms. The highest BCUT2D eigenvalue weighted by atomic mass is 19.1. The number of hydrogen-bond donors (Lipinski definition) is 1. The molecule has 206 valence electrons. The second-order valence-corrected chi connectivity index (χ2v) is 11.8. The monoisotopic (exact) mass is 536 g/mol. The number of aryl methyl sites for hydroxylation is 1. The zero-order valence-electron chi connectivity index (χ0n) is 22.3. The van der Waals surface area contributed by atoms with Crippen LogP contribution in [0.25, 0.3) is 0 Å². The van der Waals surface area contributed by atoms with E-state index in [1.807, 2.05) is 26.0 Å². The van der Waals surface area contributed by atoms with Gasteiger partial charge in [-0.2, -0.15) is 0 Å². The Morgan fingerprint density at radius 3 is 2.64 bits per heavy atom. The minimum atomic E-state index is -0.885. The van der Waals surface area contributed by atoms with E-state index in [0.717, 1.165) is 29.5 Å². The van der Waals surface area contributed by atoms with Gasteiger partial charge in [-0.25, -0.2) is 9.18 Å². The predicted octanol–water partition coefficient (Wildman–Crippen LogP) is 4.06. The molecule has 0 saturated carbocycles. The molecule has 2 aromatic carbocycles. The number of Topliss-reactive ketones (excluding diaryl/α,β-unsaturated/α-hetero) is 1. The SMILES string of the molecule is CC1(C)CCc2cc(CC(=O)[C@H]3c4ccc5c(c4CCN3C(=O)N3CC(CC(=O)O)C3)OCCO5)cc(F)c21. The molecule has 0 aromatic heterocycles. The molecule has 2 amide bonds. The van der Waals surface area contributed by atoms with Crippen molar-refractivity contribution in [3.05, 3.63) is 57.9 Å². The molecule has 0 bridgehead atoms. The van der Waals surface area contributed by atoms with Crippen LogP contribution >= 0.6 is 0 Å². The van der Waals surface area contributed by atoms with Gasteiger partial charge in [0.15, 0.2) is 17.3 Å². The van der Waals surface area contributed by atoms with E-state index in [9.17, 15) is 14.4 Å². The number of nitrogens with zero attached hydrogens (tertiary/aromatic N) is 2. The standard InChI is InChI=1S/C30H33FN2O6/c1-30(2)7-5-19-11-17(12-22(31)26(19)30)13-23(34)27-20-3-4-24-28(39-10-9-38-24)21(20)6-8-33(27)29(37)32-15-18(16-32)14-25(35)36/h3-4,11-12,18,27H,5-10,13-16H2,1-2H3,(H,35,36)/t27-/m1/s1. The summed E-state index contributed by atoms with van der Waals surface area (Å²) in [7, 11) is 0. The van der Waals surface area contributed by atoms with Crippen molar-refractivity contribution in [2.24, 2.45) is 5.92 Å². The summed E-state index contributed by atoms with van der Waals surface area (Å²) in [6.07, 6.45) is 2.15. The third-order valence-electron chi connectivity index (χ3n) is 8.60. The van der Waals surface area contributed by atoms with Crippen LogP contribution in [0.15, 0.2) is 24.3 Å². The molecule has 1 fully saturated rings. The van der Waals surface area contributed by atoms with E-state index in [2.05, 4.69) is 0 Å². The number of ketones is 1. The van der Waals surface area contributed by atoms with Crippen LogP contribution < -0.4 is 9.47 Å². The largest absolute Gasteiger partial charge is 0.486 e. The quantitative estimate of drug-likeness (QED) is 0.619. The molecule has 9 heteroatoms. The zero-order valence-corrected chi connectivity index (χ0v) is 22.3. The van der Waals surface area contributed by atoms with Gasteiger partial charge in [0.1, 0.15) is 25.1 Å². The Labute approximate surface area is 226 Å². The van der Waals surface area contributed by atoms with E-state index in [4.69, 9.17) is 14.6 Å². The molecule has 8 nitrogen and oxygen atoms in total. The van der Waals surface area contributed by atoms with Crippen LogP contribution in [0.5, 0.6) is 11.5 Å². The summed E-state index contributed by atoms with van der Waals surface area (Å²) in [4.78, 5) is 41.9. The number of benzene rings is 2. The molecular formula is C30H33FN2O6. The first-order chi connectivity index (χ1) is 18.6. The van der Waals surface area contributed by atoms with Crippen LogP contribution in [0, 0.1) is 11.7 Å². The van der Waals surface area contributed by atoms with Crippen LogP contribution in [-0.4, -0.2) is 65.5 Å². The fraction of sp³-hybridized carbons (Fsp3) is 0.500. The Morgan fingerprint density at radius 1 is 1.10 bits per heavy atom. The fourth-order valence-corrected chi connectivity index (χ4v) is 6.72. The highest BCUT2D eigenvalue weighted by molar-refractivity contribution is 5.92. The van der Waals surface area contributed by atoms with Gasteiger partial charge in [0.2, 0.25) is 0 Å². The minimum absolute atomic E-state index is 0.00536. The van der Waals surface area contributed by atoms with Crippen LogP contribution in [0.2, 0.25) is 0 Å². The zero-order chi connectivity index (χ0) is 27.5. The third kappa shape index (κ3) is 4.51. The average molecular weight is 537 g/mol. The van der Waals surface area contributed by atoms with E-state index in [1.54, 1.807) is 15.9 Å². The van der Waals surface area contributed by atoms with Gasteiger partial charge in [-0.1, -0.05) is 26.0 Å². The summed E-state index contributed by atoms with van der Waals surface area (Å²) in [5, 5.41) is 9.08. The Hall–Kier alpha value is -3.62. The summed E-state index contributed by atoms with van der Waals surface area (Å²) >= 11 is 0. The lowest BCUT2D eigenvalue weighted by atomic mass is 9.84. The molecule has 1 atom stereocenters. The fourth-order valence-electron chi connectivity index (χ4n) is 6.72. The molecule has 1 aliphatic carbocycles. The number of hydrogen-bond acceptors (Lipinski definition) is 5. The van der Waals surface area contributed by atoms with Crippen LogP contribution in [0.1, 0.15) is 60.5 Å². The second kappa shape index (κ2) is 9.54. The molecule has 0 unspecified atom stereocenters. The van der Waals surface area contributed by atoms with Gasteiger partial charge in [0.05, 0.1) is 6.42 Å². The molecule has 1 saturated heterocycles. The van der Waals surface area contributed by atoms with Crippen molar-refractivity contribution in [1.29, 1.82) is 0 Å². The first-order valence-electron chi connectivity index (χ1n) is 13.7. The first-order valence-corrected chi connectivity index (χ1v) is 13.7. The molecule has 0 radical (unpaired) electrons.